The Morgan fingerprint density at radius 2 is 2.17 bits per heavy atom. The number of nitriles is 1. The number of carboxylic acid groups (broad SMARTS) is 1. The van der Waals surface area contributed by atoms with Crippen LogP contribution < -0.4 is 4.74 Å². The van der Waals surface area contributed by atoms with Gasteiger partial charge >= 0.3 is 5.97 Å². The summed E-state index contributed by atoms with van der Waals surface area (Å²) in [5.74, 6) is -1.72. The van der Waals surface area contributed by atoms with Gasteiger partial charge in [0.1, 0.15) is 17.4 Å². The lowest BCUT2D eigenvalue weighted by molar-refractivity contribution is 0.0691. The average Bonchev–Trinajstić information content (AvgIpc) is 2.80. The van der Waals surface area contributed by atoms with Crippen molar-refractivity contribution in [3.63, 3.8) is 0 Å². The minimum absolute atomic E-state index is 0.299. The Hall–Kier alpha value is -2.94. The molecule has 0 unspecified atom stereocenters. The van der Waals surface area contributed by atoms with Crippen molar-refractivity contribution in [2.45, 2.75) is 25.9 Å². The molecule has 0 spiro atoms. The van der Waals surface area contributed by atoms with E-state index in [1.54, 1.807) is 12.1 Å². The molecule has 5 nitrogen and oxygen atoms in total. The second-order valence-corrected chi connectivity index (χ2v) is 6.02. The van der Waals surface area contributed by atoms with E-state index in [0.29, 0.717) is 29.0 Å². The Labute approximate surface area is 132 Å². The summed E-state index contributed by atoms with van der Waals surface area (Å²) >= 11 is 0. The SMILES string of the molecule is CC1(C)Cc2cc(-c3cc(C(=O)O)c(F)cn3)cc(C#N)c2O1. The molecule has 1 N–H and O–H groups in total. The number of benzene rings is 1. The zero-order valence-electron chi connectivity index (χ0n) is 12.6. The number of carbonyl (C=O) groups is 1. The molecule has 0 fully saturated rings. The first-order valence-electron chi connectivity index (χ1n) is 6.96. The predicted molar refractivity (Wildman–Crippen MR) is 79.7 cm³/mol. The van der Waals surface area contributed by atoms with Crippen LogP contribution in [0.1, 0.15) is 35.3 Å². The quantitative estimate of drug-likeness (QED) is 0.921. The molecule has 1 aliphatic heterocycles. The Bertz CT molecular complexity index is 869. The van der Waals surface area contributed by atoms with Crippen molar-refractivity contribution < 1.29 is 19.0 Å². The number of rotatable bonds is 2. The first-order valence-corrected chi connectivity index (χ1v) is 6.96. The smallest absolute Gasteiger partial charge is 0.338 e. The van der Waals surface area contributed by atoms with Crippen molar-refractivity contribution in [1.82, 2.24) is 4.98 Å². The zero-order valence-corrected chi connectivity index (χ0v) is 12.6. The standard InChI is InChI=1S/C17H13FN2O3/c1-17(2)6-10-3-9(4-11(7-19)15(10)23-17)14-5-12(16(21)22)13(18)8-20-14/h3-5,8H,6H2,1-2H3,(H,21,22). The summed E-state index contributed by atoms with van der Waals surface area (Å²) in [6.45, 7) is 3.85. The van der Waals surface area contributed by atoms with Crippen molar-refractivity contribution in [1.29, 1.82) is 5.26 Å². The largest absolute Gasteiger partial charge is 0.486 e. The van der Waals surface area contributed by atoms with Crippen LogP contribution in [0, 0.1) is 17.1 Å². The molecule has 6 heteroatoms. The van der Waals surface area contributed by atoms with Gasteiger partial charge in [-0.15, -0.1) is 0 Å². The number of hydrogen-bond acceptors (Lipinski definition) is 4. The summed E-state index contributed by atoms with van der Waals surface area (Å²) < 4.78 is 19.3. The maximum absolute atomic E-state index is 13.5. The average molecular weight is 312 g/mol. The molecule has 2 aromatic rings. The van der Waals surface area contributed by atoms with Gasteiger partial charge in [0.15, 0.2) is 5.82 Å². The van der Waals surface area contributed by atoms with E-state index in [-0.39, 0.29) is 0 Å². The molecule has 116 valence electrons. The van der Waals surface area contributed by atoms with Crippen LogP contribution in [0.3, 0.4) is 0 Å². The first-order chi connectivity index (χ1) is 10.8. The lowest BCUT2D eigenvalue weighted by atomic mass is 9.97. The molecule has 1 aromatic heterocycles. The van der Waals surface area contributed by atoms with E-state index >= 15 is 0 Å². The van der Waals surface area contributed by atoms with E-state index in [4.69, 9.17) is 9.84 Å². The highest BCUT2D eigenvalue weighted by Crippen LogP contribution is 2.40. The summed E-state index contributed by atoms with van der Waals surface area (Å²) in [4.78, 5) is 15.0. The van der Waals surface area contributed by atoms with Crippen molar-refractivity contribution in [2.75, 3.05) is 0 Å². The normalized spacial score (nSPS) is 14.7. The lowest BCUT2D eigenvalue weighted by Crippen LogP contribution is -2.24. The maximum Gasteiger partial charge on any atom is 0.338 e. The number of pyridine rings is 1. The summed E-state index contributed by atoms with van der Waals surface area (Å²) in [5.41, 5.74) is 1.20. The molecule has 1 aromatic carbocycles. The lowest BCUT2D eigenvalue weighted by Gasteiger charge is -2.17. The molecule has 0 saturated heterocycles. The van der Waals surface area contributed by atoms with Gasteiger partial charge in [-0.25, -0.2) is 9.18 Å². The predicted octanol–water partition coefficient (Wildman–Crippen LogP) is 3.17. The van der Waals surface area contributed by atoms with Gasteiger partial charge in [0.05, 0.1) is 23.0 Å². The fourth-order valence-electron chi connectivity index (χ4n) is 2.70. The minimum Gasteiger partial charge on any atom is -0.486 e. The monoisotopic (exact) mass is 312 g/mol. The Kier molecular flexibility index (Phi) is 3.29. The maximum atomic E-state index is 13.5. The van der Waals surface area contributed by atoms with Crippen molar-refractivity contribution >= 4 is 5.97 Å². The molecular weight excluding hydrogens is 299 g/mol. The van der Waals surface area contributed by atoms with Gasteiger partial charge in [-0.2, -0.15) is 5.26 Å². The number of halogens is 1. The summed E-state index contributed by atoms with van der Waals surface area (Å²) in [7, 11) is 0. The van der Waals surface area contributed by atoms with E-state index in [2.05, 4.69) is 11.1 Å². The number of carboxylic acids is 1. The highest BCUT2D eigenvalue weighted by Gasteiger charge is 2.32. The summed E-state index contributed by atoms with van der Waals surface area (Å²) in [5, 5.41) is 18.3. The van der Waals surface area contributed by atoms with Gasteiger partial charge in [-0.1, -0.05) is 0 Å². The molecular formula is C17H13FN2O3. The van der Waals surface area contributed by atoms with Crippen LogP contribution in [0.15, 0.2) is 24.4 Å². The number of hydrogen-bond donors (Lipinski definition) is 1. The van der Waals surface area contributed by atoms with E-state index < -0.39 is 23.0 Å². The van der Waals surface area contributed by atoms with Crippen LogP contribution in [0.2, 0.25) is 0 Å². The highest BCUT2D eigenvalue weighted by atomic mass is 19.1. The van der Waals surface area contributed by atoms with Crippen LogP contribution in [-0.4, -0.2) is 21.7 Å². The Morgan fingerprint density at radius 3 is 2.83 bits per heavy atom. The van der Waals surface area contributed by atoms with Gasteiger partial charge in [0, 0.05) is 17.5 Å². The van der Waals surface area contributed by atoms with Crippen molar-refractivity contribution in [3.8, 4) is 23.1 Å². The third-order valence-corrected chi connectivity index (χ3v) is 3.66. The number of aromatic carboxylic acids is 1. The second kappa shape index (κ2) is 5.06. The molecule has 0 radical (unpaired) electrons. The molecule has 0 bridgehead atoms. The number of nitrogens with zero attached hydrogens (tertiary/aromatic N) is 2. The molecule has 2 heterocycles. The molecule has 0 saturated carbocycles. The zero-order chi connectivity index (χ0) is 16.8. The third-order valence-electron chi connectivity index (χ3n) is 3.66. The molecule has 0 aliphatic carbocycles. The van der Waals surface area contributed by atoms with Crippen LogP contribution in [0.4, 0.5) is 4.39 Å². The van der Waals surface area contributed by atoms with E-state index in [1.807, 2.05) is 13.8 Å². The van der Waals surface area contributed by atoms with E-state index in [9.17, 15) is 14.4 Å². The van der Waals surface area contributed by atoms with Gasteiger partial charge in [-0.3, -0.25) is 4.98 Å². The van der Waals surface area contributed by atoms with Crippen LogP contribution in [0.5, 0.6) is 5.75 Å². The topological polar surface area (TPSA) is 83.2 Å². The summed E-state index contributed by atoms with van der Waals surface area (Å²) in [6, 6.07) is 6.63. The fourth-order valence-corrected chi connectivity index (χ4v) is 2.70. The number of fused-ring (bicyclic) bond motifs is 1. The number of ether oxygens (including phenoxy) is 1. The van der Waals surface area contributed by atoms with Crippen LogP contribution in [-0.2, 0) is 6.42 Å². The van der Waals surface area contributed by atoms with E-state index in [0.717, 1.165) is 11.8 Å². The molecule has 0 amide bonds. The third kappa shape index (κ3) is 2.61. The van der Waals surface area contributed by atoms with Crippen LogP contribution >= 0.6 is 0 Å². The molecule has 23 heavy (non-hydrogen) atoms. The second-order valence-electron chi connectivity index (χ2n) is 6.02. The molecule has 1 aliphatic rings. The first kappa shape index (κ1) is 15.0. The Balaban J connectivity index is 2.15. The molecule has 3 rings (SSSR count). The molecule has 0 atom stereocenters. The fraction of sp³-hybridized carbons (Fsp3) is 0.235. The van der Waals surface area contributed by atoms with Gasteiger partial charge in [0.2, 0.25) is 0 Å². The number of aromatic nitrogens is 1. The van der Waals surface area contributed by atoms with E-state index in [1.165, 1.54) is 6.07 Å². The Morgan fingerprint density at radius 1 is 1.43 bits per heavy atom. The van der Waals surface area contributed by atoms with Gasteiger partial charge < -0.3 is 9.84 Å². The van der Waals surface area contributed by atoms with Gasteiger partial charge in [-0.05, 0) is 32.0 Å². The summed E-state index contributed by atoms with van der Waals surface area (Å²) in [6.07, 6.45) is 1.50. The van der Waals surface area contributed by atoms with Gasteiger partial charge in [0.25, 0.3) is 0 Å². The minimum atomic E-state index is -1.36. The van der Waals surface area contributed by atoms with Crippen LogP contribution in [0.25, 0.3) is 11.3 Å². The highest BCUT2D eigenvalue weighted by molar-refractivity contribution is 5.89. The van der Waals surface area contributed by atoms with Crippen molar-refractivity contribution in [2.24, 2.45) is 0 Å². The van der Waals surface area contributed by atoms with Crippen molar-refractivity contribution in [3.05, 3.63) is 46.9 Å².